The average Bonchev–Trinajstić information content (AvgIpc) is 2.76. The van der Waals surface area contributed by atoms with Crippen LogP contribution < -0.4 is 0 Å². The third-order valence-electron chi connectivity index (χ3n) is 2.10. The molecule has 5 nitrogen and oxygen atoms in total. The van der Waals surface area contributed by atoms with Crippen LogP contribution in [0.3, 0.4) is 0 Å². The molecule has 0 aliphatic rings. The zero-order chi connectivity index (χ0) is 13.6. The normalized spacial score (nSPS) is 11.1. The summed E-state index contributed by atoms with van der Waals surface area (Å²) in [6.07, 6.45) is 0.210. The van der Waals surface area contributed by atoms with Gasteiger partial charge in [0.15, 0.2) is 0 Å². The lowest BCUT2D eigenvalue weighted by Gasteiger charge is -2.19. The first kappa shape index (κ1) is 15.1. The van der Waals surface area contributed by atoms with E-state index in [9.17, 15) is 8.42 Å². The highest BCUT2D eigenvalue weighted by atomic mass is 79.9. The first-order valence-corrected chi connectivity index (χ1v) is 8.12. The quantitative estimate of drug-likeness (QED) is 0.790. The van der Waals surface area contributed by atoms with Gasteiger partial charge in [-0.2, -0.15) is 14.8 Å². The molecule has 96 valence electrons. The zero-order valence-corrected chi connectivity index (χ0v) is 12.6. The molecule has 1 aromatic heterocycles. The zero-order valence-electron chi connectivity index (χ0n) is 9.34. The van der Waals surface area contributed by atoms with Crippen molar-refractivity contribution in [1.29, 1.82) is 10.5 Å². The molecular formula is C10H10BrN3O2S2. The summed E-state index contributed by atoms with van der Waals surface area (Å²) in [6.45, 7) is 0.204. The number of sulfonamides is 1. The van der Waals surface area contributed by atoms with Crippen LogP contribution in [0.25, 0.3) is 0 Å². The lowest BCUT2D eigenvalue weighted by Crippen LogP contribution is -2.32. The second-order valence-corrected chi connectivity index (χ2v) is 7.18. The van der Waals surface area contributed by atoms with Crippen LogP contribution >= 0.6 is 27.3 Å². The molecule has 8 heteroatoms. The summed E-state index contributed by atoms with van der Waals surface area (Å²) in [4.78, 5) is 0. The first-order valence-electron chi connectivity index (χ1n) is 5.01. The van der Waals surface area contributed by atoms with Gasteiger partial charge in [0.1, 0.15) is 4.21 Å². The molecule has 0 unspecified atom stereocenters. The van der Waals surface area contributed by atoms with Gasteiger partial charge in [0.2, 0.25) is 0 Å². The fourth-order valence-corrected chi connectivity index (χ4v) is 5.17. The fraction of sp³-hybridized carbons (Fsp3) is 0.400. The van der Waals surface area contributed by atoms with E-state index in [0.717, 1.165) is 11.3 Å². The van der Waals surface area contributed by atoms with Crippen LogP contribution in [0.5, 0.6) is 0 Å². The van der Waals surface area contributed by atoms with Gasteiger partial charge < -0.3 is 0 Å². The summed E-state index contributed by atoms with van der Waals surface area (Å²) in [5, 5.41) is 18.8. The molecule has 1 rings (SSSR count). The number of nitriles is 2. The predicted molar refractivity (Wildman–Crippen MR) is 71.2 cm³/mol. The van der Waals surface area contributed by atoms with Crippen LogP contribution in [0.2, 0.25) is 0 Å². The number of halogens is 1. The number of nitrogens with zero attached hydrogens (tertiary/aromatic N) is 3. The Bertz CT molecular complexity index is 565. The molecule has 0 saturated heterocycles. The van der Waals surface area contributed by atoms with Crippen molar-refractivity contribution in [2.24, 2.45) is 0 Å². The van der Waals surface area contributed by atoms with E-state index in [4.69, 9.17) is 10.5 Å². The highest BCUT2D eigenvalue weighted by Crippen LogP contribution is 2.30. The van der Waals surface area contributed by atoms with Crippen LogP contribution in [-0.4, -0.2) is 25.8 Å². The van der Waals surface area contributed by atoms with Crippen molar-refractivity contribution in [3.63, 3.8) is 0 Å². The van der Waals surface area contributed by atoms with Crippen LogP contribution in [0.1, 0.15) is 12.8 Å². The second-order valence-electron chi connectivity index (χ2n) is 3.28. The summed E-state index contributed by atoms with van der Waals surface area (Å²) in [5.41, 5.74) is 0. The molecule has 0 spiro atoms. The topological polar surface area (TPSA) is 85.0 Å². The summed E-state index contributed by atoms with van der Waals surface area (Å²) in [6, 6.07) is 5.48. The molecule has 0 aromatic carbocycles. The Morgan fingerprint density at radius 1 is 1.28 bits per heavy atom. The van der Waals surface area contributed by atoms with Crippen molar-refractivity contribution in [2.45, 2.75) is 17.1 Å². The van der Waals surface area contributed by atoms with Crippen LogP contribution in [0.15, 0.2) is 20.1 Å². The fourth-order valence-electron chi connectivity index (χ4n) is 1.28. The van der Waals surface area contributed by atoms with Gasteiger partial charge in [-0.1, -0.05) is 0 Å². The first-order chi connectivity index (χ1) is 8.54. The van der Waals surface area contributed by atoms with E-state index in [1.54, 1.807) is 11.4 Å². The summed E-state index contributed by atoms with van der Waals surface area (Å²) in [7, 11) is -3.63. The molecule has 0 radical (unpaired) electrons. The van der Waals surface area contributed by atoms with E-state index in [0.29, 0.717) is 4.47 Å². The van der Waals surface area contributed by atoms with Crippen molar-refractivity contribution in [3.05, 3.63) is 15.9 Å². The monoisotopic (exact) mass is 347 g/mol. The largest absolute Gasteiger partial charge is 0.253 e. The molecule has 1 heterocycles. The number of hydrogen-bond donors (Lipinski definition) is 0. The van der Waals surface area contributed by atoms with Gasteiger partial charge in [-0.3, -0.25) is 0 Å². The highest BCUT2D eigenvalue weighted by molar-refractivity contribution is 9.10. The average molecular weight is 348 g/mol. The van der Waals surface area contributed by atoms with Gasteiger partial charge in [-0.05, 0) is 27.4 Å². The maximum Gasteiger partial charge on any atom is 0.253 e. The van der Waals surface area contributed by atoms with Gasteiger partial charge in [-0.25, -0.2) is 8.42 Å². The maximum absolute atomic E-state index is 12.3. The van der Waals surface area contributed by atoms with E-state index in [1.165, 1.54) is 4.31 Å². The lowest BCUT2D eigenvalue weighted by molar-refractivity contribution is 0.426. The number of rotatable bonds is 6. The Kier molecular flexibility index (Phi) is 5.76. The van der Waals surface area contributed by atoms with Gasteiger partial charge in [0.25, 0.3) is 10.0 Å². The smallest absolute Gasteiger partial charge is 0.206 e. The highest BCUT2D eigenvalue weighted by Gasteiger charge is 2.27. The van der Waals surface area contributed by atoms with E-state index >= 15 is 0 Å². The minimum Gasteiger partial charge on any atom is -0.206 e. The SMILES string of the molecule is N#CCCN(CCC#N)S(=O)(=O)c1sccc1Br. The molecule has 0 amide bonds. The molecule has 0 aliphatic heterocycles. The maximum atomic E-state index is 12.3. The van der Waals surface area contributed by atoms with Gasteiger partial charge in [-0.15, -0.1) is 11.3 Å². The van der Waals surface area contributed by atoms with E-state index in [-0.39, 0.29) is 30.1 Å². The van der Waals surface area contributed by atoms with E-state index < -0.39 is 10.0 Å². The molecule has 0 bridgehead atoms. The molecule has 0 aliphatic carbocycles. The Hall–Kier alpha value is -0.930. The standard InChI is InChI=1S/C10H10BrN3O2S2/c11-9-3-8-17-10(9)18(15,16)14(6-1-4-12)7-2-5-13/h3,8H,1-2,6-7H2. The Labute approximate surface area is 118 Å². The van der Waals surface area contributed by atoms with Crippen molar-refractivity contribution < 1.29 is 8.42 Å². The van der Waals surface area contributed by atoms with Crippen molar-refractivity contribution in [2.75, 3.05) is 13.1 Å². The minimum absolute atomic E-state index is 0.102. The number of thiophene rings is 1. The van der Waals surface area contributed by atoms with Crippen LogP contribution in [0, 0.1) is 22.7 Å². The predicted octanol–water partition coefficient (Wildman–Crippen LogP) is 2.33. The van der Waals surface area contributed by atoms with Crippen molar-refractivity contribution in [1.82, 2.24) is 4.31 Å². The minimum atomic E-state index is -3.63. The van der Waals surface area contributed by atoms with Crippen molar-refractivity contribution >= 4 is 37.3 Å². The van der Waals surface area contributed by atoms with E-state index in [1.807, 2.05) is 12.1 Å². The van der Waals surface area contributed by atoms with Gasteiger partial charge in [0, 0.05) is 30.4 Å². The van der Waals surface area contributed by atoms with Crippen LogP contribution in [-0.2, 0) is 10.0 Å². The summed E-state index contributed by atoms with van der Waals surface area (Å²) < 4.78 is 26.5. The Morgan fingerprint density at radius 3 is 2.22 bits per heavy atom. The summed E-state index contributed by atoms with van der Waals surface area (Å²) in [5.74, 6) is 0. The van der Waals surface area contributed by atoms with Gasteiger partial charge in [0.05, 0.1) is 12.1 Å². The molecule has 0 atom stereocenters. The van der Waals surface area contributed by atoms with Crippen LogP contribution in [0.4, 0.5) is 0 Å². The Balaban J connectivity index is 3.01. The van der Waals surface area contributed by atoms with E-state index in [2.05, 4.69) is 15.9 Å². The summed E-state index contributed by atoms with van der Waals surface area (Å²) >= 11 is 4.29. The molecule has 18 heavy (non-hydrogen) atoms. The molecule has 0 N–H and O–H groups in total. The molecule has 0 saturated carbocycles. The van der Waals surface area contributed by atoms with Crippen molar-refractivity contribution in [3.8, 4) is 12.1 Å². The number of hydrogen-bond acceptors (Lipinski definition) is 5. The third-order valence-corrected chi connectivity index (χ3v) is 6.65. The lowest BCUT2D eigenvalue weighted by atomic mass is 10.4. The van der Waals surface area contributed by atoms with Gasteiger partial charge >= 0.3 is 0 Å². The molecular weight excluding hydrogens is 338 g/mol. The Morgan fingerprint density at radius 2 is 1.83 bits per heavy atom. The third kappa shape index (κ3) is 3.53. The second kappa shape index (κ2) is 6.86. The molecule has 0 fully saturated rings. The molecule has 1 aromatic rings.